The van der Waals surface area contributed by atoms with Crippen molar-refractivity contribution in [2.45, 2.75) is 37.5 Å². The number of carbonyl (C=O) groups excluding carboxylic acids is 1. The van der Waals surface area contributed by atoms with Gasteiger partial charge in [0.2, 0.25) is 0 Å². The summed E-state index contributed by atoms with van der Waals surface area (Å²) in [5.41, 5.74) is 3.49. The molecule has 160 valence electrons. The molecule has 0 aliphatic heterocycles. The molecule has 1 aliphatic rings. The van der Waals surface area contributed by atoms with Crippen molar-refractivity contribution >= 4 is 11.9 Å². The van der Waals surface area contributed by atoms with E-state index in [1.165, 1.54) is 31.2 Å². The Labute approximate surface area is 180 Å². The maximum atomic E-state index is 12.2. The zero-order valence-electron chi connectivity index (χ0n) is 18.4. The number of carbonyl (C=O) groups is 1. The molecule has 2 aromatic carbocycles. The monoisotopic (exact) mass is 406 g/mol. The van der Waals surface area contributed by atoms with Gasteiger partial charge in [-0.25, -0.2) is 0 Å². The quantitative estimate of drug-likeness (QED) is 0.546. The average molecular weight is 407 g/mol. The number of rotatable bonds is 7. The van der Waals surface area contributed by atoms with Gasteiger partial charge in [-0.2, -0.15) is 0 Å². The summed E-state index contributed by atoms with van der Waals surface area (Å²) in [6.45, 7) is 1.65. The van der Waals surface area contributed by atoms with Crippen molar-refractivity contribution in [3.63, 3.8) is 0 Å². The van der Waals surface area contributed by atoms with Crippen molar-refractivity contribution in [3.05, 3.63) is 71.3 Å². The molecule has 0 unspecified atom stereocenters. The predicted molar refractivity (Wildman–Crippen MR) is 124 cm³/mol. The van der Waals surface area contributed by atoms with Crippen LogP contribution in [0.25, 0.3) is 0 Å². The molecule has 2 aromatic rings. The van der Waals surface area contributed by atoms with Gasteiger partial charge in [-0.05, 0) is 42.5 Å². The summed E-state index contributed by atoms with van der Waals surface area (Å²) in [7, 11) is 5.37. The normalized spacial score (nSPS) is 15.6. The molecule has 0 saturated heterocycles. The SMILES string of the molecule is CN=C(NCCc1cccc(C(=O)N(C)C)c1)NCC1(c2ccccc2)CCCC1. The van der Waals surface area contributed by atoms with Crippen LogP contribution in [0.1, 0.15) is 47.2 Å². The summed E-state index contributed by atoms with van der Waals surface area (Å²) in [6.07, 6.45) is 5.83. The van der Waals surface area contributed by atoms with Crippen LogP contribution < -0.4 is 10.6 Å². The molecule has 0 radical (unpaired) electrons. The highest BCUT2D eigenvalue weighted by atomic mass is 16.2. The molecule has 30 heavy (non-hydrogen) atoms. The van der Waals surface area contributed by atoms with Crippen LogP contribution in [0.15, 0.2) is 59.6 Å². The number of guanidine groups is 1. The number of nitrogens with one attached hydrogen (secondary N) is 2. The summed E-state index contributed by atoms with van der Waals surface area (Å²) in [6, 6.07) is 18.7. The Balaban J connectivity index is 1.54. The third-order valence-electron chi connectivity index (χ3n) is 6.05. The van der Waals surface area contributed by atoms with E-state index < -0.39 is 0 Å². The molecule has 2 N–H and O–H groups in total. The topological polar surface area (TPSA) is 56.7 Å². The second-order valence-corrected chi connectivity index (χ2v) is 8.36. The Morgan fingerprint density at radius 3 is 2.43 bits per heavy atom. The van der Waals surface area contributed by atoms with Gasteiger partial charge in [0.15, 0.2) is 5.96 Å². The minimum absolute atomic E-state index is 0.0325. The number of benzene rings is 2. The molecule has 0 aromatic heterocycles. The fourth-order valence-electron chi connectivity index (χ4n) is 4.33. The van der Waals surface area contributed by atoms with E-state index in [0.717, 1.165) is 36.6 Å². The van der Waals surface area contributed by atoms with Crippen LogP contribution in [0.5, 0.6) is 0 Å². The van der Waals surface area contributed by atoms with Gasteiger partial charge < -0.3 is 15.5 Å². The third-order valence-corrected chi connectivity index (χ3v) is 6.05. The predicted octanol–water partition coefficient (Wildman–Crippen LogP) is 3.61. The van der Waals surface area contributed by atoms with Crippen molar-refractivity contribution in [1.82, 2.24) is 15.5 Å². The first-order valence-electron chi connectivity index (χ1n) is 10.8. The molecule has 0 heterocycles. The van der Waals surface area contributed by atoms with Gasteiger partial charge in [0.05, 0.1) is 0 Å². The van der Waals surface area contributed by atoms with Gasteiger partial charge in [0, 0.05) is 45.2 Å². The molecular formula is C25H34N4O. The van der Waals surface area contributed by atoms with E-state index in [9.17, 15) is 4.79 Å². The van der Waals surface area contributed by atoms with E-state index in [1.54, 1.807) is 19.0 Å². The van der Waals surface area contributed by atoms with Gasteiger partial charge in [-0.15, -0.1) is 0 Å². The van der Waals surface area contributed by atoms with Crippen LogP contribution in [0.4, 0.5) is 0 Å². The van der Waals surface area contributed by atoms with Gasteiger partial charge in [0.1, 0.15) is 0 Å². The van der Waals surface area contributed by atoms with Crippen molar-refractivity contribution in [2.75, 3.05) is 34.2 Å². The Morgan fingerprint density at radius 1 is 1.03 bits per heavy atom. The molecule has 5 nitrogen and oxygen atoms in total. The van der Waals surface area contributed by atoms with Crippen LogP contribution in [0.3, 0.4) is 0 Å². The van der Waals surface area contributed by atoms with E-state index >= 15 is 0 Å². The molecule has 0 spiro atoms. The van der Waals surface area contributed by atoms with E-state index in [0.29, 0.717) is 0 Å². The van der Waals surface area contributed by atoms with Crippen molar-refractivity contribution in [2.24, 2.45) is 4.99 Å². The Morgan fingerprint density at radius 2 is 1.77 bits per heavy atom. The Bertz CT molecular complexity index is 854. The summed E-state index contributed by atoms with van der Waals surface area (Å²) in [5, 5.41) is 6.99. The fraction of sp³-hybridized carbons (Fsp3) is 0.440. The van der Waals surface area contributed by atoms with E-state index in [2.05, 4.69) is 52.0 Å². The smallest absolute Gasteiger partial charge is 0.253 e. The number of hydrogen-bond acceptors (Lipinski definition) is 2. The molecule has 1 fully saturated rings. The molecular weight excluding hydrogens is 372 g/mol. The molecule has 0 bridgehead atoms. The lowest BCUT2D eigenvalue weighted by Gasteiger charge is -2.30. The summed E-state index contributed by atoms with van der Waals surface area (Å²) in [4.78, 5) is 18.2. The van der Waals surface area contributed by atoms with Crippen LogP contribution in [0, 0.1) is 0 Å². The molecule has 0 atom stereocenters. The number of hydrogen-bond donors (Lipinski definition) is 2. The zero-order chi connectivity index (χ0) is 21.4. The maximum absolute atomic E-state index is 12.2. The fourth-order valence-corrected chi connectivity index (χ4v) is 4.33. The van der Waals surface area contributed by atoms with Crippen LogP contribution in [0.2, 0.25) is 0 Å². The van der Waals surface area contributed by atoms with Gasteiger partial charge in [0.25, 0.3) is 5.91 Å². The second-order valence-electron chi connectivity index (χ2n) is 8.36. The first-order chi connectivity index (χ1) is 14.5. The van der Waals surface area contributed by atoms with Crippen molar-refractivity contribution in [3.8, 4) is 0 Å². The lowest BCUT2D eigenvalue weighted by molar-refractivity contribution is 0.0827. The Kier molecular flexibility index (Phi) is 7.50. The highest BCUT2D eigenvalue weighted by Crippen LogP contribution is 2.40. The Hall–Kier alpha value is -2.82. The summed E-state index contributed by atoms with van der Waals surface area (Å²) < 4.78 is 0. The zero-order valence-corrected chi connectivity index (χ0v) is 18.4. The minimum Gasteiger partial charge on any atom is -0.356 e. The average Bonchev–Trinajstić information content (AvgIpc) is 3.26. The second kappa shape index (κ2) is 10.3. The third kappa shape index (κ3) is 5.41. The molecule has 1 aliphatic carbocycles. The van der Waals surface area contributed by atoms with Gasteiger partial charge in [-0.1, -0.05) is 55.3 Å². The van der Waals surface area contributed by atoms with Gasteiger partial charge >= 0.3 is 0 Å². The molecule has 1 saturated carbocycles. The minimum atomic E-state index is 0.0325. The molecule has 5 heteroatoms. The van der Waals surface area contributed by atoms with Crippen molar-refractivity contribution < 1.29 is 4.79 Å². The lowest BCUT2D eigenvalue weighted by Crippen LogP contribution is -2.45. The number of nitrogens with zero attached hydrogens (tertiary/aromatic N) is 2. The first kappa shape index (κ1) is 21.9. The number of aliphatic imine (C=N–C) groups is 1. The highest BCUT2D eigenvalue weighted by molar-refractivity contribution is 5.94. The summed E-state index contributed by atoms with van der Waals surface area (Å²) >= 11 is 0. The lowest BCUT2D eigenvalue weighted by atomic mass is 9.79. The van der Waals surface area contributed by atoms with Crippen LogP contribution in [-0.2, 0) is 11.8 Å². The van der Waals surface area contributed by atoms with Gasteiger partial charge in [-0.3, -0.25) is 9.79 Å². The van der Waals surface area contributed by atoms with Crippen LogP contribution >= 0.6 is 0 Å². The van der Waals surface area contributed by atoms with E-state index in [-0.39, 0.29) is 11.3 Å². The standard InChI is InChI=1S/C25H34N4O/c1-26-24(27-17-14-20-10-9-11-21(18-20)23(30)29(2)3)28-19-25(15-7-8-16-25)22-12-5-4-6-13-22/h4-6,9-13,18H,7-8,14-17,19H2,1-3H3,(H2,26,27,28). The van der Waals surface area contributed by atoms with Crippen molar-refractivity contribution in [1.29, 1.82) is 0 Å². The highest BCUT2D eigenvalue weighted by Gasteiger charge is 2.35. The summed E-state index contributed by atoms with van der Waals surface area (Å²) in [5.74, 6) is 0.864. The van der Waals surface area contributed by atoms with E-state index in [1.807, 2.05) is 25.2 Å². The maximum Gasteiger partial charge on any atom is 0.253 e. The molecule has 1 amide bonds. The first-order valence-corrected chi connectivity index (χ1v) is 10.8. The van der Waals surface area contributed by atoms with Crippen LogP contribution in [-0.4, -0.2) is 51.0 Å². The largest absolute Gasteiger partial charge is 0.356 e. The molecule has 3 rings (SSSR count). The van der Waals surface area contributed by atoms with E-state index in [4.69, 9.17) is 0 Å². The number of amides is 1.